The van der Waals surface area contributed by atoms with Crippen molar-refractivity contribution in [2.75, 3.05) is 0 Å². The normalized spacial score (nSPS) is 17.7. The zero-order valence-electron chi connectivity index (χ0n) is 13.9. The Morgan fingerprint density at radius 1 is 1.17 bits per heavy atom. The molecule has 122 valence electrons. The number of fused-ring (bicyclic) bond motifs is 1. The summed E-state index contributed by atoms with van der Waals surface area (Å²) < 4.78 is 11.3. The van der Waals surface area contributed by atoms with Gasteiger partial charge in [0.1, 0.15) is 11.5 Å². The van der Waals surface area contributed by atoms with E-state index < -0.39 is 0 Å². The number of esters is 1. The zero-order valence-corrected chi connectivity index (χ0v) is 13.9. The summed E-state index contributed by atoms with van der Waals surface area (Å²) in [7, 11) is 0. The molecule has 0 spiro atoms. The summed E-state index contributed by atoms with van der Waals surface area (Å²) >= 11 is 0. The van der Waals surface area contributed by atoms with Gasteiger partial charge in [-0.05, 0) is 51.3 Å². The maximum Gasteiger partial charge on any atom is 0.314 e. The molecule has 0 unspecified atom stereocenters. The van der Waals surface area contributed by atoms with E-state index in [0.29, 0.717) is 28.4 Å². The Hall–Kier alpha value is -2.10. The number of carbonyl (C=O) groups excluding carboxylic acids is 2. The van der Waals surface area contributed by atoms with Crippen LogP contribution < -0.4 is 9.47 Å². The van der Waals surface area contributed by atoms with Crippen LogP contribution in [0.4, 0.5) is 0 Å². The number of allylic oxidation sites excluding steroid dienone is 2. The monoisotopic (exact) mass is 314 g/mol. The lowest BCUT2D eigenvalue weighted by Gasteiger charge is -2.20. The molecule has 0 amide bonds. The predicted octanol–water partition coefficient (Wildman–Crippen LogP) is 4.35. The van der Waals surface area contributed by atoms with Gasteiger partial charge >= 0.3 is 5.97 Å². The average molecular weight is 314 g/mol. The molecule has 0 bridgehead atoms. The van der Waals surface area contributed by atoms with Crippen molar-refractivity contribution in [2.45, 2.75) is 52.9 Å². The van der Waals surface area contributed by atoms with E-state index in [2.05, 4.69) is 0 Å². The summed E-state index contributed by atoms with van der Waals surface area (Å²) in [5.74, 6) is 1.10. The van der Waals surface area contributed by atoms with Gasteiger partial charge in [0.05, 0.1) is 11.5 Å². The van der Waals surface area contributed by atoms with Crippen LogP contribution in [0.25, 0.3) is 0 Å². The fraction of sp³-hybridized carbons (Fsp3) is 0.474. The van der Waals surface area contributed by atoms with Crippen LogP contribution in [0.3, 0.4) is 0 Å². The topological polar surface area (TPSA) is 52.6 Å². The number of benzene rings is 1. The lowest BCUT2D eigenvalue weighted by Crippen LogP contribution is -2.23. The van der Waals surface area contributed by atoms with Crippen molar-refractivity contribution in [1.29, 1.82) is 0 Å². The van der Waals surface area contributed by atoms with Gasteiger partial charge in [0.15, 0.2) is 5.76 Å². The minimum Gasteiger partial charge on any atom is -0.452 e. The van der Waals surface area contributed by atoms with E-state index in [0.717, 1.165) is 31.3 Å². The molecule has 1 aliphatic heterocycles. The minimum atomic E-state index is -0.167. The van der Waals surface area contributed by atoms with E-state index >= 15 is 0 Å². The van der Waals surface area contributed by atoms with Crippen LogP contribution in [0, 0.1) is 12.8 Å². The van der Waals surface area contributed by atoms with Gasteiger partial charge < -0.3 is 9.47 Å². The van der Waals surface area contributed by atoms with Gasteiger partial charge in [-0.2, -0.15) is 0 Å². The summed E-state index contributed by atoms with van der Waals surface area (Å²) in [4.78, 5) is 24.6. The Bertz CT molecular complexity index is 690. The second-order valence-electron chi connectivity index (χ2n) is 6.58. The highest BCUT2D eigenvalue weighted by Crippen LogP contribution is 2.40. The highest BCUT2D eigenvalue weighted by Gasteiger charge is 2.32. The molecule has 1 saturated carbocycles. The first kappa shape index (κ1) is 15.8. The third-order valence-corrected chi connectivity index (χ3v) is 4.61. The van der Waals surface area contributed by atoms with Crippen LogP contribution in [0.2, 0.25) is 0 Å². The van der Waals surface area contributed by atoms with Crippen LogP contribution in [-0.2, 0) is 4.79 Å². The van der Waals surface area contributed by atoms with E-state index in [-0.39, 0.29) is 17.7 Å². The molecule has 0 radical (unpaired) electrons. The van der Waals surface area contributed by atoms with E-state index in [1.54, 1.807) is 12.1 Å². The Kier molecular flexibility index (Phi) is 4.24. The molecular weight excluding hydrogens is 292 g/mol. The van der Waals surface area contributed by atoms with Gasteiger partial charge in [-0.15, -0.1) is 0 Å². The average Bonchev–Trinajstić information content (AvgIpc) is 2.89. The van der Waals surface area contributed by atoms with Gasteiger partial charge in [-0.3, -0.25) is 9.59 Å². The maximum atomic E-state index is 12.3. The largest absolute Gasteiger partial charge is 0.452 e. The van der Waals surface area contributed by atoms with Crippen LogP contribution >= 0.6 is 0 Å². The first-order valence-electron chi connectivity index (χ1n) is 8.24. The fourth-order valence-electron chi connectivity index (χ4n) is 3.22. The number of rotatable bonds is 2. The molecule has 0 aromatic heterocycles. The molecule has 3 rings (SSSR count). The van der Waals surface area contributed by atoms with Crippen LogP contribution in [-0.4, -0.2) is 11.8 Å². The lowest BCUT2D eigenvalue weighted by atomic mass is 9.89. The molecule has 23 heavy (non-hydrogen) atoms. The second-order valence-corrected chi connectivity index (χ2v) is 6.58. The summed E-state index contributed by atoms with van der Waals surface area (Å²) in [6.07, 6.45) is 5.18. The van der Waals surface area contributed by atoms with Crippen molar-refractivity contribution in [3.05, 3.63) is 34.6 Å². The first-order chi connectivity index (χ1) is 11.0. The third kappa shape index (κ3) is 2.90. The summed E-state index contributed by atoms with van der Waals surface area (Å²) in [5.41, 5.74) is 2.08. The summed E-state index contributed by atoms with van der Waals surface area (Å²) in [6.45, 7) is 5.51. The number of Topliss-reactive ketones (excluding diaryl/α,β-unsaturated/α-hetero) is 1. The molecule has 1 heterocycles. The number of hydrogen-bond donors (Lipinski definition) is 0. The number of ketones is 1. The van der Waals surface area contributed by atoms with Gasteiger partial charge in [-0.25, -0.2) is 0 Å². The fourth-order valence-corrected chi connectivity index (χ4v) is 3.22. The van der Waals surface area contributed by atoms with Crippen molar-refractivity contribution < 1.29 is 19.1 Å². The first-order valence-corrected chi connectivity index (χ1v) is 8.24. The molecule has 4 heteroatoms. The zero-order chi connectivity index (χ0) is 16.6. The van der Waals surface area contributed by atoms with E-state index in [9.17, 15) is 9.59 Å². The Morgan fingerprint density at radius 3 is 2.52 bits per heavy atom. The molecular formula is C19H22O4. The number of carbonyl (C=O) groups is 2. The third-order valence-electron chi connectivity index (χ3n) is 4.61. The van der Waals surface area contributed by atoms with Crippen LogP contribution in [0.1, 0.15) is 61.9 Å². The van der Waals surface area contributed by atoms with Crippen molar-refractivity contribution in [1.82, 2.24) is 0 Å². The lowest BCUT2D eigenvalue weighted by molar-refractivity contribution is -0.140. The number of hydrogen-bond acceptors (Lipinski definition) is 4. The van der Waals surface area contributed by atoms with E-state index in [1.165, 1.54) is 6.42 Å². The van der Waals surface area contributed by atoms with Gasteiger partial charge in [0, 0.05) is 5.56 Å². The predicted molar refractivity (Wildman–Crippen MR) is 86.7 cm³/mol. The molecule has 1 aromatic rings. The Balaban J connectivity index is 1.84. The number of ether oxygens (including phenoxy) is 2. The van der Waals surface area contributed by atoms with Gasteiger partial charge in [0.2, 0.25) is 5.78 Å². The molecule has 1 aliphatic carbocycles. The Labute approximate surface area is 136 Å². The quantitative estimate of drug-likeness (QED) is 0.462. The summed E-state index contributed by atoms with van der Waals surface area (Å²) in [5, 5.41) is 0. The Morgan fingerprint density at radius 2 is 1.87 bits per heavy atom. The van der Waals surface area contributed by atoms with Crippen molar-refractivity contribution in [2.24, 2.45) is 5.92 Å². The van der Waals surface area contributed by atoms with E-state index in [1.807, 2.05) is 20.8 Å². The maximum absolute atomic E-state index is 12.3. The molecule has 1 aromatic carbocycles. The molecule has 0 saturated heterocycles. The molecule has 1 fully saturated rings. The van der Waals surface area contributed by atoms with Crippen molar-refractivity contribution in [3.63, 3.8) is 0 Å². The standard InChI is InChI=1S/C19H22O4/c1-11(2)17-16(20)14-9-10-15(12(3)18(14)23-17)22-19(21)13-7-5-4-6-8-13/h9-10,13H,4-8H2,1-3H3. The van der Waals surface area contributed by atoms with Gasteiger partial charge in [-0.1, -0.05) is 19.3 Å². The SMILES string of the molecule is CC(C)=C1Oc2c(ccc(OC(=O)C3CCCCC3)c2C)C1=O. The highest BCUT2D eigenvalue weighted by atomic mass is 16.5. The van der Waals surface area contributed by atoms with E-state index in [4.69, 9.17) is 9.47 Å². The molecule has 2 aliphatic rings. The van der Waals surface area contributed by atoms with Crippen molar-refractivity contribution in [3.8, 4) is 11.5 Å². The second kappa shape index (κ2) is 6.19. The highest BCUT2D eigenvalue weighted by molar-refractivity contribution is 6.13. The van der Waals surface area contributed by atoms with Crippen molar-refractivity contribution >= 4 is 11.8 Å². The minimum absolute atomic E-state index is 0.00713. The van der Waals surface area contributed by atoms with Crippen LogP contribution in [0.5, 0.6) is 11.5 Å². The smallest absolute Gasteiger partial charge is 0.314 e. The molecule has 0 atom stereocenters. The molecule has 0 N–H and O–H groups in total. The molecule has 4 nitrogen and oxygen atoms in total. The van der Waals surface area contributed by atoms with Gasteiger partial charge in [0.25, 0.3) is 0 Å². The summed E-state index contributed by atoms with van der Waals surface area (Å²) in [6, 6.07) is 3.38. The van der Waals surface area contributed by atoms with Crippen LogP contribution in [0.15, 0.2) is 23.5 Å².